The highest BCUT2D eigenvalue weighted by molar-refractivity contribution is 7.89. The third kappa shape index (κ3) is 4.07. The number of anilines is 1. The highest BCUT2D eigenvalue weighted by Crippen LogP contribution is 2.20. The van der Waals surface area contributed by atoms with Gasteiger partial charge in [-0.3, -0.25) is 9.59 Å². The minimum Gasteiger partial charge on any atom is -0.379 e. The van der Waals surface area contributed by atoms with Gasteiger partial charge in [-0.1, -0.05) is 0 Å². The molecular weight excluding hydrogens is 432 g/mol. The Morgan fingerprint density at radius 1 is 1.10 bits per heavy atom. The number of benzene rings is 2. The van der Waals surface area contributed by atoms with E-state index in [1.807, 2.05) is 0 Å². The fourth-order valence-electron chi connectivity index (χ4n) is 3.28. The molecule has 0 unspecified atom stereocenters. The van der Waals surface area contributed by atoms with Crippen LogP contribution in [0.1, 0.15) is 10.4 Å². The number of ether oxygens (including phenoxy) is 1. The third-order valence-corrected chi connectivity index (χ3v) is 6.78. The van der Waals surface area contributed by atoms with E-state index < -0.39 is 38.4 Å². The number of nitrogens with zero attached hydrogens (tertiary/aromatic N) is 1. The van der Waals surface area contributed by atoms with Gasteiger partial charge >= 0.3 is 0 Å². The number of amides is 1. The Labute approximate surface area is 175 Å². The Kier molecular flexibility index (Phi) is 5.56. The Hall–Kier alpha value is -3.15. The summed E-state index contributed by atoms with van der Waals surface area (Å²) in [5, 5.41) is 2.04. The largest absolute Gasteiger partial charge is 0.379 e. The number of nitrogens with one attached hydrogen (secondary N) is 2. The first kappa shape index (κ1) is 21.1. The molecule has 31 heavy (non-hydrogen) atoms. The summed E-state index contributed by atoms with van der Waals surface area (Å²) in [7, 11) is -3.69. The van der Waals surface area contributed by atoms with Crippen molar-refractivity contribution >= 4 is 32.5 Å². The average Bonchev–Trinajstić information content (AvgIpc) is 2.74. The van der Waals surface area contributed by atoms with Crippen LogP contribution in [-0.2, 0) is 14.8 Å². The van der Waals surface area contributed by atoms with E-state index in [9.17, 15) is 26.8 Å². The maximum atomic E-state index is 14.0. The van der Waals surface area contributed by atoms with Crippen molar-refractivity contribution in [3.05, 3.63) is 70.0 Å². The van der Waals surface area contributed by atoms with Crippen LogP contribution in [0.5, 0.6) is 0 Å². The Bertz CT molecular complexity index is 1320. The summed E-state index contributed by atoms with van der Waals surface area (Å²) in [5.74, 6) is -2.76. The second-order valence-corrected chi connectivity index (χ2v) is 8.77. The van der Waals surface area contributed by atoms with Crippen molar-refractivity contribution in [3.8, 4) is 0 Å². The molecule has 0 aliphatic carbocycles. The van der Waals surface area contributed by atoms with Crippen molar-refractivity contribution in [1.82, 2.24) is 9.29 Å². The van der Waals surface area contributed by atoms with Crippen LogP contribution in [0.4, 0.5) is 14.5 Å². The quantitative estimate of drug-likeness (QED) is 0.634. The molecule has 2 aromatic carbocycles. The zero-order valence-electron chi connectivity index (χ0n) is 16.0. The van der Waals surface area contributed by atoms with E-state index in [1.54, 1.807) is 0 Å². The molecule has 8 nitrogen and oxygen atoms in total. The molecule has 0 radical (unpaired) electrons. The number of carbonyl (C=O) groups is 1. The Balaban J connectivity index is 1.57. The smallest absolute Gasteiger partial charge is 0.261 e. The predicted molar refractivity (Wildman–Crippen MR) is 108 cm³/mol. The van der Waals surface area contributed by atoms with Crippen molar-refractivity contribution in [2.45, 2.75) is 4.90 Å². The molecule has 1 aromatic heterocycles. The van der Waals surface area contributed by atoms with Gasteiger partial charge < -0.3 is 15.0 Å². The van der Waals surface area contributed by atoms with Crippen LogP contribution in [0.2, 0.25) is 0 Å². The van der Waals surface area contributed by atoms with Crippen molar-refractivity contribution < 1.29 is 26.7 Å². The lowest BCUT2D eigenvalue weighted by Gasteiger charge is -2.26. The molecule has 0 spiro atoms. The molecule has 1 amide bonds. The molecule has 2 heterocycles. The molecule has 1 aliphatic rings. The number of morpholine rings is 1. The van der Waals surface area contributed by atoms with Gasteiger partial charge in [-0.25, -0.2) is 17.2 Å². The normalized spacial score (nSPS) is 15.2. The fourth-order valence-corrected chi connectivity index (χ4v) is 4.69. The van der Waals surface area contributed by atoms with Gasteiger partial charge in [0, 0.05) is 31.0 Å². The molecule has 1 saturated heterocycles. The topological polar surface area (TPSA) is 109 Å². The van der Waals surface area contributed by atoms with Gasteiger partial charge in [0.05, 0.1) is 29.0 Å². The summed E-state index contributed by atoms with van der Waals surface area (Å²) in [4.78, 5) is 27.6. The summed E-state index contributed by atoms with van der Waals surface area (Å²) < 4.78 is 59.1. The Morgan fingerprint density at radius 2 is 1.77 bits per heavy atom. The van der Waals surface area contributed by atoms with Crippen LogP contribution in [0.3, 0.4) is 0 Å². The van der Waals surface area contributed by atoms with E-state index in [1.165, 1.54) is 28.6 Å². The lowest BCUT2D eigenvalue weighted by atomic mass is 10.1. The second kappa shape index (κ2) is 8.17. The maximum Gasteiger partial charge on any atom is 0.261 e. The number of aromatic amines is 1. The van der Waals surface area contributed by atoms with Gasteiger partial charge in [0.2, 0.25) is 15.5 Å². The van der Waals surface area contributed by atoms with Crippen molar-refractivity contribution in [2.75, 3.05) is 31.6 Å². The first-order valence-electron chi connectivity index (χ1n) is 9.27. The lowest BCUT2D eigenvalue weighted by Crippen LogP contribution is -2.40. The van der Waals surface area contributed by atoms with Crippen LogP contribution in [0, 0.1) is 11.6 Å². The molecule has 11 heteroatoms. The minimum atomic E-state index is -3.69. The van der Waals surface area contributed by atoms with E-state index in [-0.39, 0.29) is 34.8 Å². The predicted octanol–water partition coefficient (Wildman–Crippen LogP) is 2.08. The second-order valence-electron chi connectivity index (χ2n) is 6.84. The van der Waals surface area contributed by atoms with Crippen molar-refractivity contribution in [2.24, 2.45) is 0 Å². The van der Waals surface area contributed by atoms with Gasteiger partial charge in [-0.05, 0) is 30.3 Å². The zero-order chi connectivity index (χ0) is 22.2. The molecule has 162 valence electrons. The molecule has 0 saturated carbocycles. The van der Waals surface area contributed by atoms with Crippen LogP contribution in [-0.4, -0.2) is 49.9 Å². The minimum absolute atomic E-state index is 0.0556. The summed E-state index contributed by atoms with van der Waals surface area (Å²) in [6, 6.07) is 6.97. The summed E-state index contributed by atoms with van der Waals surface area (Å²) in [5.41, 5.74) is -1.10. The van der Waals surface area contributed by atoms with Gasteiger partial charge in [-0.15, -0.1) is 0 Å². The number of hydrogen-bond acceptors (Lipinski definition) is 5. The SMILES string of the molecule is O=C(Nc1ccc(S(=O)(=O)N2CCOCC2)cc1)c1c[nH]c2cc(F)cc(F)c2c1=O. The molecule has 4 rings (SSSR count). The summed E-state index contributed by atoms with van der Waals surface area (Å²) in [6.07, 6.45) is 1.07. The number of sulfonamides is 1. The molecule has 0 bridgehead atoms. The first-order chi connectivity index (χ1) is 14.8. The average molecular weight is 449 g/mol. The lowest BCUT2D eigenvalue weighted by molar-refractivity contribution is 0.0730. The maximum absolute atomic E-state index is 14.0. The van der Waals surface area contributed by atoms with E-state index in [0.29, 0.717) is 19.3 Å². The number of H-pyrrole nitrogens is 1. The van der Waals surface area contributed by atoms with Crippen LogP contribution in [0.25, 0.3) is 10.9 Å². The van der Waals surface area contributed by atoms with Gasteiger partial charge in [-0.2, -0.15) is 4.31 Å². The van der Waals surface area contributed by atoms with E-state index in [4.69, 9.17) is 4.74 Å². The van der Waals surface area contributed by atoms with Gasteiger partial charge in [0.1, 0.15) is 17.2 Å². The highest BCUT2D eigenvalue weighted by Gasteiger charge is 2.26. The first-order valence-corrected chi connectivity index (χ1v) is 10.7. The number of hydrogen-bond donors (Lipinski definition) is 2. The third-order valence-electron chi connectivity index (χ3n) is 4.86. The van der Waals surface area contributed by atoms with Gasteiger partial charge in [0.25, 0.3) is 5.91 Å². The van der Waals surface area contributed by atoms with E-state index in [0.717, 1.165) is 12.3 Å². The number of carbonyl (C=O) groups excluding carboxylic acids is 1. The van der Waals surface area contributed by atoms with Crippen LogP contribution >= 0.6 is 0 Å². The zero-order valence-corrected chi connectivity index (χ0v) is 16.8. The number of rotatable bonds is 4. The summed E-state index contributed by atoms with van der Waals surface area (Å²) in [6.45, 7) is 1.15. The van der Waals surface area contributed by atoms with Gasteiger partial charge in [0.15, 0.2) is 0 Å². The molecule has 1 fully saturated rings. The standard InChI is InChI=1S/C20H17F2N3O5S/c21-12-9-16(22)18-17(10-12)23-11-15(19(18)26)20(27)24-13-1-3-14(4-2-13)31(28,29)25-5-7-30-8-6-25/h1-4,9-11H,5-8H2,(H,23,26)(H,24,27). The molecule has 3 aromatic rings. The van der Waals surface area contributed by atoms with Crippen molar-refractivity contribution in [3.63, 3.8) is 0 Å². The number of aromatic nitrogens is 1. The van der Waals surface area contributed by atoms with Crippen LogP contribution < -0.4 is 10.7 Å². The highest BCUT2D eigenvalue weighted by atomic mass is 32.2. The van der Waals surface area contributed by atoms with Crippen molar-refractivity contribution in [1.29, 1.82) is 0 Å². The Morgan fingerprint density at radius 3 is 2.45 bits per heavy atom. The molecular formula is C20H17F2N3O5S. The monoisotopic (exact) mass is 449 g/mol. The fraction of sp³-hybridized carbons (Fsp3) is 0.200. The number of halogens is 2. The molecule has 0 atom stereocenters. The number of pyridine rings is 1. The van der Waals surface area contributed by atoms with E-state index >= 15 is 0 Å². The van der Waals surface area contributed by atoms with E-state index in [2.05, 4.69) is 10.3 Å². The molecule has 1 aliphatic heterocycles. The molecule has 2 N–H and O–H groups in total. The summed E-state index contributed by atoms with van der Waals surface area (Å²) >= 11 is 0. The number of fused-ring (bicyclic) bond motifs is 1. The van der Waals surface area contributed by atoms with Crippen LogP contribution in [0.15, 0.2) is 52.3 Å².